The van der Waals surface area contributed by atoms with E-state index in [0.29, 0.717) is 25.9 Å². The number of amides is 1. The fraction of sp³-hybridized carbons (Fsp3) is 0.945. The molecule has 0 rings (SSSR count). The highest BCUT2D eigenvalue weighted by atomic mass is 16.5. The first-order chi connectivity index (χ1) is 39.0. The summed E-state index contributed by atoms with van der Waals surface area (Å²) in [7, 11) is 0. The van der Waals surface area contributed by atoms with Crippen LogP contribution in [0, 0.1) is 0 Å². The molecule has 0 aromatic heterocycles. The number of carbonyl (C=O) groups excluding carboxylic acids is 2. The molecule has 2 unspecified atom stereocenters. The molecule has 0 fully saturated rings. The molecule has 0 aromatic carbocycles. The second-order valence-corrected chi connectivity index (χ2v) is 25.3. The monoisotopic (exact) mass is 1110 g/mol. The van der Waals surface area contributed by atoms with Gasteiger partial charge in [-0.05, 0) is 51.4 Å². The maximum atomic E-state index is 12.5. The molecule has 0 saturated carbocycles. The van der Waals surface area contributed by atoms with Gasteiger partial charge in [0.2, 0.25) is 5.91 Å². The summed E-state index contributed by atoms with van der Waals surface area (Å²) in [5.74, 6) is -0.00822. The van der Waals surface area contributed by atoms with Crippen molar-refractivity contribution in [1.29, 1.82) is 0 Å². The van der Waals surface area contributed by atoms with Gasteiger partial charge in [-0.3, -0.25) is 9.59 Å². The maximum Gasteiger partial charge on any atom is 0.305 e. The summed E-state index contributed by atoms with van der Waals surface area (Å²) in [4.78, 5) is 24.6. The van der Waals surface area contributed by atoms with E-state index in [0.717, 1.165) is 38.5 Å². The lowest BCUT2D eigenvalue weighted by molar-refractivity contribution is -0.143. The Morgan fingerprint density at radius 3 is 0.899 bits per heavy atom. The molecule has 79 heavy (non-hydrogen) atoms. The van der Waals surface area contributed by atoms with E-state index >= 15 is 0 Å². The zero-order chi connectivity index (χ0) is 57.1. The zero-order valence-corrected chi connectivity index (χ0v) is 53.9. The topological polar surface area (TPSA) is 95.9 Å². The molecule has 2 atom stereocenters. The molecule has 3 N–H and O–H groups in total. The largest absolute Gasteiger partial charge is 0.466 e. The van der Waals surface area contributed by atoms with Crippen LogP contribution < -0.4 is 5.32 Å². The molecule has 0 aliphatic rings. The van der Waals surface area contributed by atoms with E-state index in [-0.39, 0.29) is 18.5 Å². The Morgan fingerprint density at radius 1 is 0.342 bits per heavy atom. The number of unbranched alkanes of at least 4 members (excludes halogenated alkanes) is 56. The first-order valence-electron chi connectivity index (χ1n) is 36.4. The van der Waals surface area contributed by atoms with Crippen LogP contribution in [0.2, 0.25) is 0 Å². The van der Waals surface area contributed by atoms with E-state index in [4.69, 9.17) is 4.74 Å². The van der Waals surface area contributed by atoms with E-state index in [1.807, 2.05) is 0 Å². The number of ether oxygens (including phenoxy) is 1. The summed E-state index contributed by atoms with van der Waals surface area (Å²) < 4.78 is 5.51. The van der Waals surface area contributed by atoms with Crippen LogP contribution in [0.1, 0.15) is 418 Å². The second-order valence-electron chi connectivity index (χ2n) is 25.3. The first kappa shape index (κ1) is 77.6. The van der Waals surface area contributed by atoms with Crippen molar-refractivity contribution in [3.8, 4) is 0 Å². The molecule has 1 amide bonds. The number of hydrogen-bond acceptors (Lipinski definition) is 5. The summed E-state index contributed by atoms with van der Waals surface area (Å²) >= 11 is 0. The highest BCUT2D eigenvalue weighted by Crippen LogP contribution is 2.19. The smallest absolute Gasteiger partial charge is 0.305 e. The number of aliphatic hydroxyl groups is 2. The third-order valence-electron chi connectivity index (χ3n) is 17.3. The summed E-state index contributed by atoms with van der Waals surface area (Å²) in [6, 6.07) is -0.537. The van der Waals surface area contributed by atoms with Crippen molar-refractivity contribution in [1.82, 2.24) is 5.32 Å². The Kier molecular flexibility index (Phi) is 67.9. The van der Waals surface area contributed by atoms with Crippen molar-refractivity contribution in [3.63, 3.8) is 0 Å². The van der Waals surface area contributed by atoms with E-state index in [2.05, 4.69) is 31.3 Å². The lowest BCUT2D eigenvalue weighted by Crippen LogP contribution is -2.45. The van der Waals surface area contributed by atoms with Crippen molar-refractivity contribution in [2.45, 2.75) is 431 Å². The van der Waals surface area contributed by atoms with Gasteiger partial charge in [0.15, 0.2) is 0 Å². The average Bonchev–Trinajstić information content (AvgIpc) is 3.45. The minimum atomic E-state index is -0.661. The molecule has 470 valence electrons. The third-order valence-corrected chi connectivity index (χ3v) is 17.3. The zero-order valence-electron chi connectivity index (χ0n) is 53.9. The molecule has 0 aliphatic carbocycles. The van der Waals surface area contributed by atoms with Crippen molar-refractivity contribution < 1.29 is 24.5 Å². The van der Waals surface area contributed by atoms with Gasteiger partial charge in [-0.2, -0.15) is 0 Å². The average molecular weight is 1110 g/mol. The van der Waals surface area contributed by atoms with Crippen LogP contribution in [0.3, 0.4) is 0 Å². The predicted molar refractivity (Wildman–Crippen MR) is 347 cm³/mol. The van der Waals surface area contributed by atoms with E-state index < -0.39 is 12.1 Å². The number of carbonyl (C=O) groups is 2. The summed E-state index contributed by atoms with van der Waals surface area (Å²) in [5, 5.41) is 23.3. The Balaban J connectivity index is 3.31. The predicted octanol–water partition coefficient (Wildman–Crippen LogP) is 23.5. The van der Waals surface area contributed by atoms with Crippen molar-refractivity contribution in [2.75, 3.05) is 13.2 Å². The van der Waals surface area contributed by atoms with Crippen LogP contribution in [0.5, 0.6) is 0 Å². The van der Waals surface area contributed by atoms with Crippen LogP contribution >= 0.6 is 0 Å². The highest BCUT2D eigenvalue weighted by molar-refractivity contribution is 5.76. The summed E-state index contributed by atoms with van der Waals surface area (Å²) in [5.41, 5.74) is 0. The number of aliphatic hydroxyl groups excluding tert-OH is 2. The fourth-order valence-corrected chi connectivity index (χ4v) is 11.8. The van der Waals surface area contributed by atoms with Gasteiger partial charge >= 0.3 is 5.97 Å². The summed E-state index contributed by atoms with van der Waals surface area (Å²) in [6.07, 6.45) is 85.6. The van der Waals surface area contributed by atoms with E-state index in [1.54, 1.807) is 0 Å². The summed E-state index contributed by atoms with van der Waals surface area (Å²) in [6.45, 7) is 4.99. The van der Waals surface area contributed by atoms with Gasteiger partial charge in [0, 0.05) is 12.8 Å². The fourth-order valence-electron chi connectivity index (χ4n) is 11.8. The highest BCUT2D eigenvalue weighted by Gasteiger charge is 2.20. The van der Waals surface area contributed by atoms with Gasteiger partial charge in [0.05, 0.1) is 25.4 Å². The Hall–Kier alpha value is -1.40. The molecule has 0 saturated heterocycles. The lowest BCUT2D eigenvalue weighted by atomic mass is 10.0. The van der Waals surface area contributed by atoms with Gasteiger partial charge in [0.25, 0.3) is 0 Å². The molecule has 0 heterocycles. The van der Waals surface area contributed by atoms with Gasteiger partial charge < -0.3 is 20.3 Å². The van der Waals surface area contributed by atoms with Crippen LogP contribution in [0.25, 0.3) is 0 Å². The molecular weight excluding hydrogens is 971 g/mol. The minimum Gasteiger partial charge on any atom is -0.466 e. The van der Waals surface area contributed by atoms with Crippen molar-refractivity contribution >= 4 is 11.9 Å². The lowest BCUT2D eigenvalue weighted by Gasteiger charge is -2.22. The van der Waals surface area contributed by atoms with Gasteiger partial charge in [0.1, 0.15) is 0 Å². The van der Waals surface area contributed by atoms with Crippen LogP contribution in [-0.4, -0.2) is 47.4 Å². The number of hydrogen-bond donors (Lipinski definition) is 3. The molecule has 6 nitrogen and oxygen atoms in total. The Morgan fingerprint density at radius 2 is 0.595 bits per heavy atom. The third kappa shape index (κ3) is 65.6. The molecule has 6 heteroatoms. The van der Waals surface area contributed by atoms with E-state index in [9.17, 15) is 19.8 Å². The van der Waals surface area contributed by atoms with Gasteiger partial charge in [-0.1, -0.05) is 366 Å². The standard InChI is InChI=1S/C73H143NO5/c1-3-5-7-9-11-13-15-17-19-20-32-36-39-43-47-51-55-59-63-67-73(78)79-68-64-60-56-52-48-44-40-37-34-31-29-27-25-23-21-22-24-26-28-30-33-35-38-42-46-50-54-58-62-66-72(77)74-70(69-75)71(76)65-61-57-53-49-45-41-18-16-14-12-10-8-6-4-2/h17,19,70-71,75-76H,3-16,18,20-69H2,1-2H3,(H,74,77)/b19-17-. The SMILES string of the molecule is CCCCCCCC/C=C\CCCCCCCCCCCC(=O)OCCCCCCCCCCCCCCCCCCCCCCCCCCCCCCCC(=O)NC(CO)C(O)CCCCCCCCCCCCCCCC. The molecule has 0 bridgehead atoms. The molecule has 0 spiro atoms. The van der Waals surface area contributed by atoms with Crippen LogP contribution in [0.15, 0.2) is 12.2 Å². The molecule has 0 aromatic rings. The number of esters is 1. The van der Waals surface area contributed by atoms with Crippen LogP contribution in [-0.2, 0) is 14.3 Å². The minimum absolute atomic E-state index is 0.0201. The maximum absolute atomic E-state index is 12.5. The molecule has 0 radical (unpaired) electrons. The van der Waals surface area contributed by atoms with Crippen molar-refractivity contribution in [2.24, 2.45) is 0 Å². The van der Waals surface area contributed by atoms with Gasteiger partial charge in [-0.25, -0.2) is 0 Å². The number of allylic oxidation sites excluding steroid dienone is 2. The van der Waals surface area contributed by atoms with E-state index in [1.165, 1.54) is 347 Å². The van der Waals surface area contributed by atoms with Crippen molar-refractivity contribution in [3.05, 3.63) is 12.2 Å². The number of rotatable bonds is 69. The second kappa shape index (κ2) is 69.1. The first-order valence-corrected chi connectivity index (χ1v) is 36.4. The Labute approximate surface area is 495 Å². The van der Waals surface area contributed by atoms with Gasteiger partial charge in [-0.15, -0.1) is 0 Å². The van der Waals surface area contributed by atoms with Crippen LogP contribution in [0.4, 0.5) is 0 Å². The molecule has 0 aliphatic heterocycles. The quantitative estimate of drug-likeness (QED) is 0.0320. The number of nitrogens with one attached hydrogen (secondary N) is 1. The Bertz CT molecular complexity index is 1190. The normalized spacial score (nSPS) is 12.5. The molecular formula is C73H143NO5.